The molecule has 1 amide bonds. The molecule has 0 saturated heterocycles. The van der Waals surface area contributed by atoms with Gasteiger partial charge in [0.2, 0.25) is 0 Å². The molecular formula is C12H8ClFN2O3S. The molecule has 0 spiro atoms. The SMILES string of the molecule is Cc1csc(C(=O)O)c1NC(=O)c1cc(F)cnc1Cl. The lowest BCUT2D eigenvalue weighted by molar-refractivity contribution is 0.0703. The molecule has 5 nitrogen and oxygen atoms in total. The Morgan fingerprint density at radius 2 is 2.20 bits per heavy atom. The minimum absolute atomic E-state index is 0.00339. The average Bonchev–Trinajstić information content (AvgIpc) is 2.74. The molecule has 8 heteroatoms. The van der Waals surface area contributed by atoms with Crippen LogP contribution >= 0.6 is 22.9 Å². The Labute approximate surface area is 122 Å². The predicted octanol–water partition coefficient (Wildman–Crippen LogP) is 3.19. The largest absolute Gasteiger partial charge is 0.477 e. The van der Waals surface area contributed by atoms with E-state index in [1.54, 1.807) is 12.3 Å². The molecule has 2 heterocycles. The van der Waals surface area contributed by atoms with Crippen LogP contribution in [-0.2, 0) is 0 Å². The highest BCUT2D eigenvalue weighted by molar-refractivity contribution is 7.12. The van der Waals surface area contributed by atoms with Crippen molar-refractivity contribution in [1.29, 1.82) is 0 Å². The zero-order valence-electron chi connectivity index (χ0n) is 10.1. The molecule has 2 rings (SSSR count). The number of hydrogen-bond donors (Lipinski definition) is 2. The van der Waals surface area contributed by atoms with E-state index in [-0.39, 0.29) is 21.3 Å². The highest BCUT2D eigenvalue weighted by Crippen LogP contribution is 2.28. The number of thiophene rings is 1. The van der Waals surface area contributed by atoms with Crippen LogP contribution in [0.15, 0.2) is 17.6 Å². The molecular weight excluding hydrogens is 307 g/mol. The van der Waals surface area contributed by atoms with Crippen molar-refractivity contribution in [3.05, 3.63) is 44.6 Å². The Morgan fingerprint density at radius 3 is 2.85 bits per heavy atom. The number of carbonyl (C=O) groups is 2. The number of carbonyl (C=O) groups excluding carboxylic acids is 1. The number of halogens is 2. The second-order valence-corrected chi connectivity index (χ2v) is 5.11. The molecule has 0 aromatic carbocycles. The van der Waals surface area contributed by atoms with Crippen molar-refractivity contribution < 1.29 is 19.1 Å². The van der Waals surface area contributed by atoms with Crippen molar-refractivity contribution in [3.8, 4) is 0 Å². The lowest BCUT2D eigenvalue weighted by Crippen LogP contribution is -2.15. The third-order valence-corrected chi connectivity index (χ3v) is 3.85. The number of nitrogens with one attached hydrogen (secondary N) is 1. The first kappa shape index (κ1) is 14.4. The first-order valence-electron chi connectivity index (χ1n) is 5.34. The second kappa shape index (κ2) is 5.56. The van der Waals surface area contributed by atoms with E-state index in [9.17, 15) is 14.0 Å². The van der Waals surface area contributed by atoms with E-state index < -0.39 is 17.7 Å². The lowest BCUT2D eigenvalue weighted by Gasteiger charge is -2.07. The summed E-state index contributed by atoms with van der Waals surface area (Å²) in [4.78, 5) is 26.6. The number of rotatable bonds is 3. The Morgan fingerprint density at radius 1 is 1.50 bits per heavy atom. The molecule has 2 aromatic rings. The number of anilines is 1. The summed E-state index contributed by atoms with van der Waals surface area (Å²) in [5, 5.41) is 12.9. The van der Waals surface area contributed by atoms with Crippen LogP contribution in [0.3, 0.4) is 0 Å². The molecule has 0 aliphatic carbocycles. The quantitative estimate of drug-likeness (QED) is 0.853. The second-order valence-electron chi connectivity index (χ2n) is 3.87. The van der Waals surface area contributed by atoms with Crippen molar-refractivity contribution in [1.82, 2.24) is 4.98 Å². The summed E-state index contributed by atoms with van der Waals surface area (Å²) < 4.78 is 13.1. The van der Waals surface area contributed by atoms with E-state index in [0.29, 0.717) is 5.56 Å². The number of aromatic carboxylic acids is 1. The maximum Gasteiger partial charge on any atom is 0.348 e. The summed E-state index contributed by atoms with van der Waals surface area (Å²) in [6, 6.07) is 0.937. The van der Waals surface area contributed by atoms with Gasteiger partial charge in [0.1, 0.15) is 15.8 Å². The van der Waals surface area contributed by atoms with Gasteiger partial charge in [-0.05, 0) is 23.9 Å². The van der Waals surface area contributed by atoms with Crippen molar-refractivity contribution in [2.45, 2.75) is 6.92 Å². The number of carboxylic acid groups (broad SMARTS) is 1. The van der Waals surface area contributed by atoms with Crippen molar-refractivity contribution in [2.24, 2.45) is 0 Å². The minimum Gasteiger partial charge on any atom is -0.477 e. The van der Waals surface area contributed by atoms with Gasteiger partial charge >= 0.3 is 5.97 Å². The van der Waals surface area contributed by atoms with Crippen LogP contribution in [0.4, 0.5) is 10.1 Å². The van der Waals surface area contributed by atoms with Crippen molar-refractivity contribution in [2.75, 3.05) is 5.32 Å². The number of aryl methyl sites for hydroxylation is 1. The fourth-order valence-corrected chi connectivity index (χ4v) is 2.55. The van der Waals surface area contributed by atoms with Gasteiger partial charge in [-0.1, -0.05) is 11.6 Å². The Balaban J connectivity index is 2.35. The zero-order valence-corrected chi connectivity index (χ0v) is 11.7. The number of hydrogen-bond acceptors (Lipinski definition) is 4. The van der Waals surface area contributed by atoms with E-state index in [1.165, 1.54) is 0 Å². The topological polar surface area (TPSA) is 79.3 Å². The van der Waals surface area contributed by atoms with Crippen LogP contribution in [0, 0.1) is 12.7 Å². The third-order valence-electron chi connectivity index (χ3n) is 2.46. The van der Waals surface area contributed by atoms with Crippen LogP contribution in [0.2, 0.25) is 5.15 Å². The molecule has 0 atom stereocenters. The number of nitrogens with zero attached hydrogens (tertiary/aromatic N) is 1. The number of amides is 1. The first-order chi connectivity index (χ1) is 9.40. The zero-order chi connectivity index (χ0) is 14.9. The highest BCUT2D eigenvalue weighted by atomic mass is 35.5. The van der Waals surface area contributed by atoms with Crippen molar-refractivity contribution in [3.63, 3.8) is 0 Å². The van der Waals surface area contributed by atoms with E-state index in [2.05, 4.69) is 10.3 Å². The standard InChI is InChI=1S/C12H8ClFN2O3S/c1-5-4-20-9(12(18)19)8(5)16-11(17)7-2-6(14)3-15-10(7)13/h2-4H,1H3,(H,16,17)(H,18,19). The number of carboxylic acids is 1. The maximum atomic E-state index is 13.1. The lowest BCUT2D eigenvalue weighted by atomic mass is 10.2. The third kappa shape index (κ3) is 2.78. The first-order valence-corrected chi connectivity index (χ1v) is 6.59. The fourth-order valence-electron chi connectivity index (χ4n) is 1.52. The molecule has 0 unspecified atom stereocenters. The monoisotopic (exact) mass is 314 g/mol. The summed E-state index contributed by atoms with van der Waals surface area (Å²) in [7, 11) is 0. The highest BCUT2D eigenvalue weighted by Gasteiger charge is 2.20. The van der Waals surface area contributed by atoms with Crippen LogP contribution in [0.1, 0.15) is 25.6 Å². The van der Waals surface area contributed by atoms with Gasteiger partial charge in [-0.25, -0.2) is 14.2 Å². The van der Waals surface area contributed by atoms with E-state index >= 15 is 0 Å². The molecule has 2 N–H and O–H groups in total. The van der Waals surface area contributed by atoms with E-state index in [0.717, 1.165) is 23.6 Å². The summed E-state index contributed by atoms with van der Waals surface area (Å²) in [6.45, 7) is 1.66. The Hall–Kier alpha value is -1.99. The molecule has 0 radical (unpaired) electrons. The Bertz CT molecular complexity index is 702. The molecule has 0 bridgehead atoms. The van der Waals surface area contributed by atoms with Crippen LogP contribution in [-0.4, -0.2) is 22.0 Å². The van der Waals surface area contributed by atoms with Crippen LogP contribution < -0.4 is 5.32 Å². The van der Waals surface area contributed by atoms with Gasteiger partial charge in [-0.15, -0.1) is 11.3 Å². The van der Waals surface area contributed by atoms with E-state index in [1.807, 2.05) is 0 Å². The van der Waals surface area contributed by atoms with Gasteiger partial charge in [-0.2, -0.15) is 0 Å². The summed E-state index contributed by atoms with van der Waals surface area (Å²) in [5.74, 6) is -2.58. The predicted molar refractivity (Wildman–Crippen MR) is 73.2 cm³/mol. The summed E-state index contributed by atoms with van der Waals surface area (Å²) in [5.41, 5.74) is 0.614. The average molecular weight is 315 g/mol. The number of aromatic nitrogens is 1. The fraction of sp³-hybridized carbons (Fsp3) is 0.0833. The Kier molecular flexibility index (Phi) is 4.01. The van der Waals surface area contributed by atoms with Crippen LogP contribution in [0.25, 0.3) is 0 Å². The minimum atomic E-state index is -1.15. The van der Waals surface area contributed by atoms with Crippen molar-refractivity contribution >= 4 is 40.5 Å². The molecule has 0 saturated carbocycles. The molecule has 0 aliphatic rings. The van der Waals surface area contributed by atoms with Gasteiger partial charge < -0.3 is 10.4 Å². The molecule has 0 aliphatic heterocycles. The smallest absolute Gasteiger partial charge is 0.348 e. The van der Waals surface area contributed by atoms with Gasteiger partial charge in [0.25, 0.3) is 5.91 Å². The normalized spacial score (nSPS) is 10.3. The van der Waals surface area contributed by atoms with Gasteiger partial charge in [0.05, 0.1) is 17.4 Å². The summed E-state index contributed by atoms with van der Waals surface area (Å²) >= 11 is 6.71. The van der Waals surface area contributed by atoms with E-state index in [4.69, 9.17) is 16.7 Å². The molecule has 20 heavy (non-hydrogen) atoms. The number of pyridine rings is 1. The van der Waals surface area contributed by atoms with Gasteiger partial charge in [0.15, 0.2) is 0 Å². The molecule has 104 valence electrons. The maximum absolute atomic E-state index is 13.1. The summed E-state index contributed by atoms with van der Waals surface area (Å²) in [6.07, 6.45) is 0.887. The van der Waals surface area contributed by atoms with Gasteiger partial charge in [0, 0.05) is 0 Å². The molecule has 2 aromatic heterocycles. The molecule has 0 fully saturated rings. The van der Waals surface area contributed by atoms with Gasteiger partial charge in [-0.3, -0.25) is 4.79 Å². The van der Waals surface area contributed by atoms with Crippen LogP contribution in [0.5, 0.6) is 0 Å².